The molecule has 116 valence electrons. The first-order chi connectivity index (χ1) is 9.36. The molecule has 0 aromatic rings. The van der Waals surface area contributed by atoms with Gasteiger partial charge in [0.2, 0.25) is 11.8 Å². The minimum atomic E-state index is 0.126. The molecule has 0 spiro atoms. The van der Waals surface area contributed by atoms with E-state index in [0.29, 0.717) is 37.8 Å². The molecule has 1 saturated heterocycles. The van der Waals surface area contributed by atoms with E-state index in [4.69, 9.17) is 0 Å². The Morgan fingerprint density at radius 1 is 0.850 bits per heavy atom. The van der Waals surface area contributed by atoms with Gasteiger partial charge in [0.1, 0.15) is 0 Å². The molecule has 0 aromatic carbocycles. The second kappa shape index (κ2) is 8.28. The average Bonchev–Trinajstić information content (AvgIpc) is 2.31. The Labute approximate surface area is 123 Å². The molecule has 1 heterocycles. The third kappa shape index (κ3) is 6.92. The molecule has 0 bridgehead atoms. The number of hydrogen-bond donors (Lipinski definition) is 2. The fourth-order valence-electron chi connectivity index (χ4n) is 3.00. The first-order valence-corrected chi connectivity index (χ1v) is 7.90. The van der Waals surface area contributed by atoms with Gasteiger partial charge in [-0.05, 0) is 36.5 Å². The summed E-state index contributed by atoms with van der Waals surface area (Å²) in [4.78, 5) is 24.0. The summed E-state index contributed by atoms with van der Waals surface area (Å²) < 4.78 is 0. The fourth-order valence-corrected chi connectivity index (χ4v) is 3.00. The van der Waals surface area contributed by atoms with Crippen molar-refractivity contribution in [2.75, 3.05) is 13.1 Å². The highest BCUT2D eigenvalue weighted by Gasteiger charge is 2.22. The molecule has 4 heteroatoms. The van der Waals surface area contributed by atoms with Crippen LogP contribution in [-0.2, 0) is 9.59 Å². The summed E-state index contributed by atoms with van der Waals surface area (Å²) >= 11 is 0. The van der Waals surface area contributed by atoms with E-state index in [0.717, 1.165) is 12.8 Å². The monoisotopic (exact) mass is 282 g/mol. The van der Waals surface area contributed by atoms with Crippen LogP contribution in [0.15, 0.2) is 0 Å². The maximum atomic E-state index is 12.0. The van der Waals surface area contributed by atoms with Crippen LogP contribution < -0.4 is 10.6 Å². The lowest BCUT2D eigenvalue weighted by atomic mass is 9.91. The molecule has 2 amide bonds. The molecule has 0 radical (unpaired) electrons. The van der Waals surface area contributed by atoms with Crippen LogP contribution in [0.2, 0.25) is 0 Å². The lowest BCUT2D eigenvalue weighted by Gasteiger charge is -2.24. The number of carbonyl (C=O) groups excluding carboxylic acids is 2. The molecule has 0 saturated carbocycles. The summed E-state index contributed by atoms with van der Waals surface area (Å²) in [5.74, 6) is 1.84. The molecule has 2 atom stereocenters. The van der Waals surface area contributed by atoms with Gasteiger partial charge in [0.15, 0.2) is 0 Å². The van der Waals surface area contributed by atoms with Crippen molar-refractivity contribution >= 4 is 11.8 Å². The molecule has 1 fully saturated rings. The highest BCUT2D eigenvalue weighted by Crippen LogP contribution is 2.18. The molecular weight excluding hydrogens is 252 g/mol. The van der Waals surface area contributed by atoms with Crippen LogP contribution in [0.3, 0.4) is 0 Å². The van der Waals surface area contributed by atoms with Crippen LogP contribution in [0.1, 0.15) is 53.4 Å². The molecule has 4 nitrogen and oxygen atoms in total. The van der Waals surface area contributed by atoms with Crippen molar-refractivity contribution < 1.29 is 9.59 Å². The third-order valence-electron chi connectivity index (χ3n) is 3.73. The van der Waals surface area contributed by atoms with Gasteiger partial charge in [-0.15, -0.1) is 0 Å². The van der Waals surface area contributed by atoms with Gasteiger partial charge in [0, 0.05) is 25.9 Å². The van der Waals surface area contributed by atoms with Crippen molar-refractivity contribution in [2.24, 2.45) is 23.7 Å². The molecule has 1 aliphatic heterocycles. The Hall–Kier alpha value is -1.06. The van der Waals surface area contributed by atoms with Crippen molar-refractivity contribution in [3.8, 4) is 0 Å². The Morgan fingerprint density at radius 3 is 1.50 bits per heavy atom. The largest absolute Gasteiger partial charge is 0.356 e. The molecule has 0 aromatic heterocycles. The van der Waals surface area contributed by atoms with Crippen molar-refractivity contribution in [3.05, 3.63) is 0 Å². The van der Waals surface area contributed by atoms with Crippen LogP contribution >= 0.6 is 0 Å². The predicted molar refractivity (Wildman–Crippen MR) is 81.1 cm³/mol. The Balaban J connectivity index is 2.60. The molecule has 2 N–H and O–H groups in total. The summed E-state index contributed by atoms with van der Waals surface area (Å²) in [6, 6.07) is 0. The van der Waals surface area contributed by atoms with E-state index in [-0.39, 0.29) is 23.7 Å². The summed E-state index contributed by atoms with van der Waals surface area (Å²) in [6.07, 6.45) is 2.99. The highest BCUT2D eigenvalue weighted by atomic mass is 16.2. The van der Waals surface area contributed by atoms with Gasteiger partial charge < -0.3 is 10.6 Å². The van der Waals surface area contributed by atoms with E-state index in [1.165, 1.54) is 0 Å². The lowest BCUT2D eigenvalue weighted by Crippen LogP contribution is -2.39. The Morgan fingerprint density at radius 2 is 1.20 bits per heavy atom. The van der Waals surface area contributed by atoms with Gasteiger partial charge in [0.25, 0.3) is 0 Å². The maximum absolute atomic E-state index is 12.0. The van der Waals surface area contributed by atoms with E-state index < -0.39 is 0 Å². The molecular formula is C16H30N2O2. The number of rotatable bonds is 4. The first-order valence-electron chi connectivity index (χ1n) is 7.90. The molecule has 0 aliphatic carbocycles. The SMILES string of the molecule is CC(C)C[C@@H]1CNC(=O)C[C@H](CC(C)C)CNC(=O)C1. The lowest BCUT2D eigenvalue weighted by molar-refractivity contribution is -0.126. The minimum absolute atomic E-state index is 0.126. The smallest absolute Gasteiger partial charge is 0.220 e. The second-order valence-electron chi connectivity index (χ2n) is 7.01. The van der Waals surface area contributed by atoms with Gasteiger partial charge in [-0.1, -0.05) is 27.7 Å². The maximum Gasteiger partial charge on any atom is 0.220 e. The zero-order valence-electron chi connectivity index (χ0n) is 13.4. The van der Waals surface area contributed by atoms with Crippen LogP contribution in [0.4, 0.5) is 0 Å². The van der Waals surface area contributed by atoms with Gasteiger partial charge in [-0.3, -0.25) is 9.59 Å². The third-order valence-corrected chi connectivity index (χ3v) is 3.73. The van der Waals surface area contributed by atoms with Crippen molar-refractivity contribution in [3.63, 3.8) is 0 Å². The quantitative estimate of drug-likeness (QED) is 0.831. The van der Waals surface area contributed by atoms with Crippen LogP contribution in [-0.4, -0.2) is 24.9 Å². The average molecular weight is 282 g/mol. The predicted octanol–water partition coefficient (Wildman–Crippen LogP) is 2.34. The summed E-state index contributed by atoms with van der Waals surface area (Å²) in [6.45, 7) is 9.85. The number of amides is 2. The standard InChI is InChI=1S/C16H30N2O2/c1-11(2)5-13-7-15(19)18-10-14(6-12(3)4)8-16(20)17-9-13/h11-14H,5-10H2,1-4H3,(H,17,20)(H,18,19)/t13-,14-/m0/s1. The van der Waals surface area contributed by atoms with Crippen molar-refractivity contribution in [2.45, 2.75) is 53.4 Å². The fraction of sp³-hybridized carbons (Fsp3) is 0.875. The van der Waals surface area contributed by atoms with Gasteiger partial charge >= 0.3 is 0 Å². The van der Waals surface area contributed by atoms with Crippen LogP contribution in [0, 0.1) is 23.7 Å². The number of hydrogen-bond acceptors (Lipinski definition) is 2. The Bertz CT molecular complexity index is 294. The zero-order chi connectivity index (χ0) is 15.1. The number of carbonyl (C=O) groups is 2. The number of nitrogens with one attached hydrogen (secondary N) is 2. The Kier molecular flexibility index (Phi) is 7.03. The summed E-state index contributed by atoms with van der Waals surface area (Å²) in [7, 11) is 0. The van der Waals surface area contributed by atoms with Crippen LogP contribution in [0.5, 0.6) is 0 Å². The minimum Gasteiger partial charge on any atom is -0.356 e. The van der Waals surface area contributed by atoms with E-state index >= 15 is 0 Å². The van der Waals surface area contributed by atoms with E-state index in [9.17, 15) is 9.59 Å². The van der Waals surface area contributed by atoms with Crippen molar-refractivity contribution in [1.82, 2.24) is 10.6 Å². The second-order valence-corrected chi connectivity index (χ2v) is 7.01. The van der Waals surface area contributed by atoms with E-state index in [1.54, 1.807) is 0 Å². The molecule has 20 heavy (non-hydrogen) atoms. The van der Waals surface area contributed by atoms with E-state index in [1.807, 2.05) is 0 Å². The summed E-state index contributed by atoms with van der Waals surface area (Å²) in [5, 5.41) is 6.03. The van der Waals surface area contributed by atoms with Gasteiger partial charge in [-0.25, -0.2) is 0 Å². The first kappa shape index (κ1) is 17.0. The molecule has 1 rings (SSSR count). The molecule has 1 aliphatic rings. The van der Waals surface area contributed by atoms with Gasteiger partial charge in [0.05, 0.1) is 0 Å². The zero-order valence-corrected chi connectivity index (χ0v) is 13.4. The topological polar surface area (TPSA) is 58.2 Å². The summed E-state index contributed by atoms with van der Waals surface area (Å²) in [5.41, 5.74) is 0. The van der Waals surface area contributed by atoms with Crippen molar-refractivity contribution in [1.29, 1.82) is 0 Å². The molecule has 0 unspecified atom stereocenters. The van der Waals surface area contributed by atoms with Gasteiger partial charge in [-0.2, -0.15) is 0 Å². The highest BCUT2D eigenvalue weighted by molar-refractivity contribution is 5.78. The van der Waals surface area contributed by atoms with Crippen LogP contribution in [0.25, 0.3) is 0 Å². The van der Waals surface area contributed by atoms with E-state index in [2.05, 4.69) is 38.3 Å². The normalized spacial score (nSPS) is 25.5.